The molecule has 0 saturated heterocycles. The van der Waals surface area contributed by atoms with Gasteiger partial charge in [-0.05, 0) is 25.5 Å². The molecule has 0 bridgehead atoms. The highest BCUT2D eigenvalue weighted by Gasteiger charge is 2.18. The summed E-state index contributed by atoms with van der Waals surface area (Å²) in [4.78, 5) is 10.7. The number of nitrogens with one attached hydrogen (secondary N) is 1. The van der Waals surface area contributed by atoms with Crippen LogP contribution in [0.1, 0.15) is 24.6 Å². The first-order chi connectivity index (χ1) is 9.63. The second kappa shape index (κ2) is 6.25. The Kier molecular flexibility index (Phi) is 4.41. The van der Waals surface area contributed by atoms with Crippen LogP contribution in [-0.4, -0.2) is 26.5 Å². The normalized spacial score (nSPS) is 10.7. The van der Waals surface area contributed by atoms with Gasteiger partial charge in [-0.15, -0.1) is 5.10 Å². The molecule has 1 aromatic carbocycles. The maximum Gasteiger partial charge on any atom is 0.295 e. The van der Waals surface area contributed by atoms with Gasteiger partial charge in [0.2, 0.25) is 0 Å². The first kappa shape index (κ1) is 14.1. The van der Waals surface area contributed by atoms with Crippen molar-refractivity contribution < 1.29 is 4.92 Å². The second-order valence-corrected chi connectivity index (χ2v) is 4.53. The summed E-state index contributed by atoms with van der Waals surface area (Å²) in [6.07, 6.45) is 2.76. The summed E-state index contributed by atoms with van der Waals surface area (Å²) in [5.41, 5.74) is 2.04. The van der Waals surface area contributed by atoms with E-state index in [1.54, 1.807) is 12.3 Å². The van der Waals surface area contributed by atoms with Crippen LogP contribution >= 0.6 is 0 Å². The topological polar surface area (TPSA) is 85.9 Å². The van der Waals surface area contributed by atoms with Crippen LogP contribution in [0.15, 0.2) is 24.4 Å². The summed E-state index contributed by atoms with van der Waals surface area (Å²) in [7, 11) is 0. The van der Waals surface area contributed by atoms with E-state index in [2.05, 4.69) is 22.6 Å². The molecule has 1 N–H and O–H groups in total. The number of para-hydroxylation sites is 1. The van der Waals surface area contributed by atoms with Crippen LogP contribution in [0.4, 0.5) is 5.69 Å². The maximum atomic E-state index is 11.1. The molecule has 0 atom stereocenters. The Hall–Kier alpha value is -2.28. The van der Waals surface area contributed by atoms with Crippen molar-refractivity contribution in [2.45, 2.75) is 26.8 Å². The number of benzene rings is 1. The van der Waals surface area contributed by atoms with Gasteiger partial charge in [0, 0.05) is 12.6 Å². The van der Waals surface area contributed by atoms with Gasteiger partial charge < -0.3 is 5.32 Å². The minimum atomic E-state index is -0.404. The zero-order chi connectivity index (χ0) is 14.5. The SMILES string of the molecule is CCCNCc1cn(-c2c(C)cccc2[N+](=O)[O-])nn1. The van der Waals surface area contributed by atoms with Gasteiger partial charge in [0.15, 0.2) is 0 Å². The smallest absolute Gasteiger partial charge is 0.295 e. The van der Waals surface area contributed by atoms with Gasteiger partial charge in [-0.3, -0.25) is 10.1 Å². The van der Waals surface area contributed by atoms with E-state index in [0.717, 1.165) is 24.2 Å². The number of hydrogen-bond acceptors (Lipinski definition) is 5. The Morgan fingerprint density at radius 2 is 2.25 bits per heavy atom. The number of nitrogens with zero attached hydrogens (tertiary/aromatic N) is 4. The summed E-state index contributed by atoms with van der Waals surface area (Å²) in [6, 6.07) is 4.95. The Bertz CT molecular complexity index is 609. The van der Waals surface area contributed by atoms with Crippen molar-refractivity contribution in [2.75, 3.05) is 6.54 Å². The van der Waals surface area contributed by atoms with Crippen LogP contribution in [0.5, 0.6) is 0 Å². The zero-order valence-electron chi connectivity index (χ0n) is 11.5. The maximum absolute atomic E-state index is 11.1. The number of rotatable bonds is 6. The zero-order valence-corrected chi connectivity index (χ0v) is 11.5. The van der Waals surface area contributed by atoms with Crippen molar-refractivity contribution in [3.63, 3.8) is 0 Å². The van der Waals surface area contributed by atoms with E-state index < -0.39 is 4.92 Å². The molecule has 0 fully saturated rings. The minimum Gasteiger partial charge on any atom is -0.311 e. The van der Waals surface area contributed by atoms with Crippen LogP contribution in [0.3, 0.4) is 0 Å². The predicted octanol–water partition coefficient (Wildman–Crippen LogP) is 1.98. The van der Waals surface area contributed by atoms with Crippen molar-refractivity contribution in [3.05, 3.63) is 45.8 Å². The molecule has 7 heteroatoms. The highest BCUT2D eigenvalue weighted by Crippen LogP contribution is 2.25. The van der Waals surface area contributed by atoms with E-state index in [-0.39, 0.29) is 5.69 Å². The van der Waals surface area contributed by atoms with Crippen molar-refractivity contribution in [1.82, 2.24) is 20.3 Å². The number of nitro benzene ring substituents is 1. The molecule has 7 nitrogen and oxygen atoms in total. The van der Waals surface area contributed by atoms with Crippen LogP contribution in [0.2, 0.25) is 0 Å². The molecule has 0 aliphatic carbocycles. The molecule has 0 unspecified atom stereocenters. The second-order valence-electron chi connectivity index (χ2n) is 4.53. The molecule has 0 amide bonds. The molecule has 2 rings (SSSR count). The summed E-state index contributed by atoms with van der Waals surface area (Å²) in [5.74, 6) is 0. The fraction of sp³-hybridized carbons (Fsp3) is 0.385. The third kappa shape index (κ3) is 3.00. The van der Waals surface area contributed by atoms with E-state index in [0.29, 0.717) is 12.2 Å². The highest BCUT2D eigenvalue weighted by molar-refractivity contribution is 5.56. The van der Waals surface area contributed by atoms with Crippen LogP contribution < -0.4 is 5.32 Å². The van der Waals surface area contributed by atoms with Gasteiger partial charge in [-0.2, -0.15) is 0 Å². The fourth-order valence-electron chi connectivity index (χ4n) is 1.97. The third-order valence-electron chi connectivity index (χ3n) is 2.92. The summed E-state index contributed by atoms with van der Waals surface area (Å²) >= 11 is 0. The molecule has 106 valence electrons. The lowest BCUT2D eigenvalue weighted by molar-refractivity contribution is -0.384. The number of hydrogen-bond donors (Lipinski definition) is 1. The van der Waals surface area contributed by atoms with Gasteiger partial charge in [0.1, 0.15) is 5.69 Å². The summed E-state index contributed by atoms with van der Waals surface area (Å²) in [6.45, 7) is 5.41. The molecular formula is C13H17N5O2. The van der Waals surface area contributed by atoms with Crippen LogP contribution in [0, 0.1) is 17.0 Å². The Balaban J connectivity index is 2.30. The fourth-order valence-corrected chi connectivity index (χ4v) is 1.97. The lowest BCUT2D eigenvalue weighted by Gasteiger charge is -2.05. The molecular weight excluding hydrogens is 258 g/mol. The van der Waals surface area contributed by atoms with Crippen molar-refractivity contribution in [1.29, 1.82) is 0 Å². The Morgan fingerprint density at radius 1 is 1.45 bits per heavy atom. The lowest BCUT2D eigenvalue weighted by atomic mass is 10.1. The van der Waals surface area contributed by atoms with E-state index in [1.807, 2.05) is 13.0 Å². The van der Waals surface area contributed by atoms with Gasteiger partial charge in [-0.25, -0.2) is 4.68 Å². The molecule has 0 aliphatic rings. The van der Waals surface area contributed by atoms with Gasteiger partial charge in [0.05, 0.1) is 16.8 Å². The van der Waals surface area contributed by atoms with E-state index in [4.69, 9.17) is 0 Å². The average molecular weight is 275 g/mol. The molecule has 0 saturated carbocycles. The standard InChI is InChI=1S/C13H17N5O2/c1-3-7-14-8-11-9-17(16-15-11)13-10(2)5-4-6-12(13)18(19)20/h4-6,9,14H,3,7-8H2,1-2H3. The van der Waals surface area contributed by atoms with Crippen molar-refractivity contribution in [2.24, 2.45) is 0 Å². The molecule has 1 heterocycles. The molecule has 0 aliphatic heterocycles. The third-order valence-corrected chi connectivity index (χ3v) is 2.92. The van der Waals surface area contributed by atoms with Crippen molar-refractivity contribution in [3.8, 4) is 5.69 Å². The largest absolute Gasteiger partial charge is 0.311 e. The van der Waals surface area contributed by atoms with Gasteiger partial charge >= 0.3 is 0 Å². The summed E-state index contributed by atoms with van der Waals surface area (Å²) < 4.78 is 1.47. The molecule has 20 heavy (non-hydrogen) atoms. The monoisotopic (exact) mass is 275 g/mol. The average Bonchev–Trinajstić information content (AvgIpc) is 2.87. The van der Waals surface area contributed by atoms with Crippen LogP contribution in [-0.2, 0) is 6.54 Å². The van der Waals surface area contributed by atoms with Crippen LogP contribution in [0.25, 0.3) is 5.69 Å². The molecule has 0 spiro atoms. The predicted molar refractivity (Wildman–Crippen MR) is 74.7 cm³/mol. The minimum absolute atomic E-state index is 0.0305. The Labute approximate surface area is 116 Å². The highest BCUT2D eigenvalue weighted by atomic mass is 16.6. The van der Waals surface area contributed by atoms with E-state index >= 15 is 0 Å². The molecule has 0 radical (unpaired) electrons. The number of aromatic nitrogens is 3. The van der Waals surface area contributed by atoms with E-state index in [1.165, 1.54) is 10.7 Å². The lowest BCUT2D eigenvalue weighted by Crippen LogP contribution is -2.13. The first-order valence-corrected chi connectivity index (χ1v) is 6.49. The first-order valence-electron chi connectivity index (χ1n) is 6.49. The molecule has 1 aromatic heterocycles. The quantitative estimate of drug-likeness (QED) is 0.495. The molecule has 2 aromatic rings. The Morgan fingerprint density at radius 3 is 2.95 bits per heavy atom. The number of nitro groups is 1. The van der Waals surface area contributed by atoms with Gasteiger partial charge in [0.25, 0.3) is 5.69 Å². The van der Waals surface area contributed by atoms with Crippen molar-refractivity contribution >= 4 is 5.69 Å². The van der Waals surface area contributed by atoms with Gasteiger partial charge in [-0.1, -0.05) is 24.3 Å². The number of aryl methyl sites for hydroxylation is 1. The summed E-state index contributed by atoms with van der Waals surface area (Å²) in [5, 5.41) is 22.3. The van der Waals surface area contributed by atoms with E-state index in [9.17, 15) is 10.1 Å².